The van der Waals surface area contributed by atoms with Crippen molar-refractivity contribution < 1.29 is 14.3 Å². The van der Waals surface area contributed by atoms with Crippen molar-refractivity contribution in [2.75, 3.05) is 26.9 Å². The van der Waals surface area contributed by atoms with Crippen molar-refractivity contribution in [3.63, 3.8) is 0 Å². The standard InChI is InChI=1S/C14H19BrN2O3S/c1-3-6-16-14(21)17-13(18)10-4-5-12(11(15)9-10)20-8-7-19-2/h4-5,9H,3,6-8H2,1-2H3,(H2,16,17,18,21). The summed E-state index contributed by atoms with van der Waals surface area (Å²) < 4.78 is 11.1. The molecule has 21 heavy (non-hydrogen) atoms. The lowest BCUT2D eigenvalue weighted by atomic mass is 10.2. The second kappa shape index (κ2) is 9.70. The van der Waals surface area contributed by atoms with Crippen molar-refractivity contribution in [1.82, 2.24) is 10.6 Å². The third-order valence-corrected chi connectivity index (χ3v) is 3.37. The highest BCUT2D eigenvalue weighted by atomic mass is 79.9. The van der Waals surface area contributed by atoms with Crippen LogP contribution in [-0.4, -0.2) is 37.9 Å². The first kappa shape index (κ1) is 17.9. The number of carbonyl (C=O) groups is 1. The zero-order valence-electron chi connectivity index (χ0n) is 12.1. The summed E-state index contributed by atoms with van der Waals surface area (Å²) >= 11 is 8.41. The van der Waals surface area contributed by atoms with Crippen LogP contribution in [0.3, 0.4) is 0 Å². The summed E-state index contributed by atoms with van der Waals surface area (Å²) in [6, 6.07) is 5.11. The molecule has 1 aromatic carbocycles. The molecule has 2 N–H and O–H groups in total. The van der Waals surface area contributed by atoms with E-state index in [4.69, 9.17) is 21.7 Å². The molecule has 116 valence electrons. The van der Waals surface area contributed by atoms with Crippen molar-refractivity contribution >= 4 is 39.2 Å². The van der Waals surface area contributed by atoms with Gasteiger partial charge in [-0.2, -0.15) is 0 Å². The average molecular weight is 375 g/mol. The Hall–Kier alpha value is -1.18. The number of carbonyl (C=O) groups excluding carboxylic acids is 1. The third kappa shape index (κ3) is 6.41. The molecule has 0 aliphatic carbocycles. The summed E-state index contributed by atoms with van der Waals surface area (Å²) in [5.41, 5.74) is 0.501. The number of methoxy groups -OCH3 is 1. The Kier molecular flexibility index (Phi) is 8.26. The quantitative estimate of drug-likeness (QED) is 0.567. The van der Waals surface area contributed by atoms with Gasteiger partial charge in [0.25, 0.3) is 5.91 Å². The van der Waals surface area contributed by atoms with Crippen molar-refractivity contribution in [2.24, 2.45) is 0 Å². The topological polar surface area (TPSA) is 59.6 Å². The fraction of sp³-hybridized carbons (Fsp3) is 0.429. The molecular weight excluding hydrogens is 356 g/mol. The number of benzene rings is 1. The maximum atomic E-state index is 12.0. The number of amides is 1. The molecule has 0 fully saturated rings. The predicted octanol–water partition coefficient (Wildman–Crippen LogP) is 2.49. The summed E-state index contributed by atoms with van der Waals surface area (Å²) in [5, 5.41) is 5.90. The Bertz CT molecular complexity index is 497. The fourth-order valence-electron chi connectivity index (χ4n) is 1.45. The van der Waals surface area contributed by atoms with Gasteiger partial charge in [-0.1, -0.05) is 6.92 Å². The van der Waals surface area contributed by atoms with Gasteiger partial charge in [0.2, 0.25) is 0 Å². The second-order valence-electron chi connectivity index (χ2n) is 4.20. The van der Waals surface area contributed by atoms with E-state index in [0.717, 1.165) is 13.0 Å². The van der Waals surface area contributed by atoms with E-state index in [1.165, 1.54) is 0 Å². The molecule has 0 heterocycles. The van der Waals surface area contributed by atoms with E-state index < -0.39 is 0 Å². The second-order valence-corrected chi connectivity index (χ2v) is 5.46. The van der Waals surface area contributed by atoms with Gasteiger partial charge in [-0.3, -0.25) is 10.1 Å². The largest absolute Gasteiger partial charge is 0.490 e. The minimum absolute atomic E-state index is 0.257. The van der Waals surface area contributed by atoms with Crippen LogP contribution >= 0.6 is 28.1 Å². The van der Waals surface area contributed by atoms with E-state index in [-0.39, 0.29) is 5.91 Å². The lowest BCUT2D eigenvalue weighted by Crippen LogP contribution is -2.39. The van der Waals surface area contributed by atoms with Crippen molar-refractivity contribution in [3.05, 3.63) is 28.2 Å². The monoisotopic (exact) mass is 374 g/mol. The first-order chi connectivity index (χ1) is 10.1. The predicted molar refractivity (Wildman–Crippen MR) is 89.9 cm³/mol. The van der Waals surface area contributed by atoms with E-state index in [9.17, 15) is 4.79 Å². The normalized spacial score (nSPS) is 10.0. The van der Waals surface area contributed by atoms with Crippen LogP contribution in [0.2, 0.25) is 0 Å². The van der Waals surface area contributed by atoms with E-state index in [2.05, 4.69) is 26.6 Å². The van der Waals surface area contributed by atoms with Gasteiger partial charge in [0.05, 0.1) is 11.1 Å². The zero-order chi connectivity index (χ0) is 15.7. The molecule has 0 saturated heterocycles. The number of ether oxygens (including phenoxy) is 2. The van der Waals surface area contributed by atoms with Gasteiger partial charge in [-0.05, 0) is 52.8 Å². The summed E-state index contributed by atoms with van der Waals surface area (Å²) in [7, 11) is 1.61. The number of hydrogen-bond acceptors (Lipinski definition) is 4. The summed E-state index contributed by atoms with van der Waals surface area (Å²) in [5.74, 6) is 0.406. The molecule has 0 spiro atoms. The van der Waals surface area contributed by atoms with Crippen LogP contribution in [0.5, 0.6) is 5.75 Å². The first-order valence-electron chi connectivity index (χ1n) is 6.59. The highest BCUT2D eigenvalue weighted by molar-refractivity contribution is 9.10. The minimum Gasteiger partial charge on any atom is -0.490 e. The molecule has 1 amide bonds. The molecule has 1 aromatic rings. The van der Waals surface area contributed by atoms with Gasteiger partial charge in [-0.15, -0.1) is 0 Å². The molecule has 0 aromatic heterocycles. The summed E-state index contributed by atoms with van der Waals surface area (Å²) in [6.07, 6.45) is 0.940. The molecule has 0 unspecified atom stereocenters. The van der Waals surface area contributed by atoms with E-state index in [0.29, 0.717) is 34.1 Å². The van der Waals surface area contributed by atoms with Gasteiger partial charge in [0.1, 0.15) is 12.4 Å². The van der Waals surface area contributed by atoms with Crippen LogP contribution in [0.15, 0.2) is 22.7 Å². The molecule has 0 aliphatic heterocycles. The Morgan fingerprint density at radius 1 is 1.38 bits per heavy atom. The zero-order valence-corrected chi connectivity index (χ0v) is 14.5. The summed E-state index contributed by atoms with van der Waals surface area (Å²) in [6.45, 7) is 3.71. The van der Waals surface area contributed by atoms with Gasteiger partial charge in [0, 0.05) is 19.2 Å². The van der Waals surface area contributed by atoms with E-state index in [1.807, 2.05) is 6.92 Å². The number of rotatable bonds is 7. The Morgan fingerprint density at radius 2 is 2.14 bits per heavy atom. The SMILES string of the molecule is CCCNC(=S)NC(=O)c1ccc(OCCOC)c(Br)c1. The molecule has 0 aliphatic rings. The maximum Gasteiger partial charge on any atom is 0.257 e. The molecule has 5 nitrogen and oxygen atoms in total. The van der Waals surface area contributed by atoms with Gasteiger partial charge in [-0.25, -0.2) is 0 Å². The lowest BCUT2D eigenvalue weighted by molar-refractivity contribution is 0.0976. The van der Waals surface area contributed by atoms with Crippen LogP contribution in [0.1, 0.15) is 23.7 Å². The number of halogens is 1. The van der Waals surface area contributed by atoms with Gasteiger partial charge >= 0.3 is 0 Å². The number of hydrogen-bond donors (Lipinski definition) is 2. The molecule has 0 radical (unpaired) electrons. The fourth-order valence-corrected chi connectivity index (χ4v) is 2.14. The van der Waals surface area contributed by atoms with Crippen molar-refractivity contribution in [3.8, 4) is 5.75 Å². The third-order valence-electron chi connectivity index (χ3n) is 2.50. The first-order valence-corrected chi connectivity index (χ1v) is 7.79. The molecule has 7 heteroatoms. The van der Waals surface area contributed by atoms with E-state index >= 15 is 0 Å². The van der Waals surface area contributed by atoms with Crippen molar-refractivity contribution in [1.29, 1.82) is 0 Å². The average Bonchev–Trinajstić information content (AvgIpc) is 2.46. The highest BCUT2D eigenvalue weighted by Gasteiger charge is 2.10. The number of nitrogens with one attached hydrogen (secondary N) is 2. The minimum atomic E-state index is -0.257. The van der Waals surface area contributed by atoms with Crippen LogP contribution in [0.4, 0.5) is 0 Å². The molecular formula is C14H19BrN2O3S. The smallest absolute Gasteiger partial charge is 0.257 e. The molecule has 0 bridgehead atoms. The van der Waals surface area contributed by atoms with Crippen LogP contribution < -0.4 is 15.4 Å². The number of thiocarbonyl (C=S) groups is 1. The van der Waals surface area contributed by atoms with Crippen LogP contribution in [0, 0.1) is 0 Å². The Labute approximate surface area is 138 Å². The van der Waals surface area contributed by atoms with Gasteiger partial charge < -0.3 is 14.8 Å². The lowest BCUT2D eigenvalue weighted by Gasteiger charge is -2.11. The summed E-state index contributed by atoms with van der Waals surface area (Å²) in [4.78, 5) is 12.0. The Morgan fingerprint density at radius 3 is 2.76 bits per heavy atom. The molecule has 0 saturated carbocycles. The van der Waals surface area contributed by atoms with Crippen LogP contribution in [-0.2, 0) is 4.74 Å². The maximum absolute atomic E-state index is 12.0. The highest BCUT2D eigenvalue weighted by Crippen LogP contribution is 2.25. The molecule has 1 rings (SSSR count). The molecule has 0 atom stereocenters. The van der Waals surface area contributed by atoms with E-state index in [1.54, 1.807) is 25.3 Å². The van der Waals surface area contributed by atoms with Gasteiger partial charge in [0.15, 0.2) is 5.11 Å². The van der Waals surface area contributed by atoms with Crippen molar-refractivity contribution in [2.45, 2.75) is 13.3 Å². The Balaban J connectivity index is 2.61. The van der Waals surface area contributed by atoms with Crippen LogP contribution in [0.25, 0.3) is 0 Å².